The van der Waals surface area contributed by atoms with E-state index >= 15 is 0 Å². The maximum atomic E-state index is 10.7. The van der Waals surface area contributed by atoms with Crippen molar-refractivity contribution in [1.29, 1.82) is 0 Å². The third kappa shape index (κ3) is 2.18. The van der Waals surface area contributed by atoms with Gasteiger partial charge in [0.15, 0.2) is 5.03 Å². The Morgan fingerprint density at radius 1 is 1.29 bits per heavy atom. The Morgan fingerprint density at radius 3 is 2.50 bits per heavy atom. The molecule has 0 aliphatic rings. The summed E-state index contributed by atoms with van der Waals surface area (Å²) >= 11 is 0. The Morgan fingerprint density at radius 2 is 1.93 bits per heavy atom. The van der Waals surface area contributed by atoms with Crippen LogP contribution in [-0.2, 0) is 10.1 Å². The van der Waals surface area contributed by atoms with Gasteiger partial charge >= 0.3 is 39.7 Å². The number of benzene rings is 1. The van der Waals surface area contributed by atoms with E-state index in [1.807, 2.05) is 0 Å². The predicted octanol–water partition coefficient (Wildman–Crippen LogP) is -1.47. The minimum atomic E-state index is -4.12. The summed E-state index contributed by atoms with van der Waals surface area (Å²) in [7, 11) is -4.12. The van der Waals surface area contributed by atoms with Gasteiger partial charge in [-0.1, -0.05) is 18.2 Å². The monoisotopic (exact) mass is 221 g/mol. The number of para-hydroxylation sites is 1. The van der Waals surface area contributed by atoms with Crippen molar-refractivity contribution in [2.24, 2.45) is 0 Å². The Balaban J connectivity index is 0.000000980. The second-order valence-corrected chi connectivity index (χ2v) is 4.09. The van der Waals surface area contributed by atoms with Gasteiger partial charge in [0.25, 0.3) is 0 Å². The molecule has 1 aromatic carbocycles. The van der Waals surface area contributed by atoms with E-state index < -0.39 is 10.1 Å². The molecule has 1 aromatic heterocycles. The van der Waals surface area contributed by atoms with E-state index in [0.717, 1.165) is 5.39 Å². The van der Waals surface area contributed by atoms with Gasteiger partial charge in [-0.3, -0.25) is 4.55 Å². The summed E-state index contributed by atoms with van der Waals surface area (Å²) in [4.78, 5) is 2.60. The van der Waals surface area contributed by atoms with Crippen LogP contribution < -0.4 is 29.6 Å². The molecule has 2 rings (SSSR count). The second kappa shape index (κ2) is 4.04. The molecular formula is C8H8NNaO3S. The number of hydrogen-bond acceptors (Lipinski definition) is 2. The van der Waals surface area contributed by atoms with Crippen LogP contribution in [0.15, 0.2) is 35.4 Å². The normalized spacial score (nSPS) is 11.2. The Hall–Kier alpha value is -0.330. The minimum absolute atomic E-state index is 0. The Labute approximate surface area is 105 Å². The summed E-state index contributed by atoms with van der Waals surface area (Å²) in [6, 6.07) is 8.48. The SMILES string of the molecule is O=S(=O)(O)c1cc2ccccc2[nH]1.[H-].[Na+]. The number of fused-ring (bicyclic) bond motifs is 1. The summed E-state index contributed by atoms with van der Waals surface area (Å²) in [5.41, 5.74) is 0.690. The first-order chi connectivity index (χ1) is 6.07. The average molecular weight is 221 g/mol. The van der Waals surface area contributed by atoms with Crippen molar-refractivity contribution < 1.29 is 44.0 Å². The van der Waals surface area contributed by atoms with Crippen molar-refractivity contribution in [2.75, 3.05) is 0 Å². The Kier molecular flexibility index (Phi) is 3.39. The van der Waals surface area contributed by atoms with Crippen LogP contribution in [0.5, 0.6) is 0 Å². The molecule has 0 saturated heterocycles. The molecule has 2 N–H and O–H groups in total. The van der Waals surface area contributed by atoms with Gasteiger partial charge in [-0.05, 0) is 12.1 Å². The molecule has 0 spiro atoms. The molecule has 0 fully saturated rings. The molecule has 6 heteroatoms. The zero-order chi connectivity index (χ0) is 9.47. The summed E-state index contributed by atoms with van der Waals surface area (Å²) in [6.07, 6.45) is 0. The topological polar surface area (TPSA) is 70.2 Å². The van der Waals surface area contributed by atoms with E-state index in [-0.39, 0.29) is 36.0 Å². The molecule has 0 atom stereocenters. The van der Waals surface area contributed by atoms with Crippen molar-refractivity contribution in [1.82, 2.24) is 4.98 Å². The van der Waals surface area contributed by atoms with Crippen LogP contribution in [-0.4, -0.2) is 18.0 Å². The first kappa shape index (κ1) is 11.7. The van der Waals surface area contributed by atoms with Crippen molar-refractivity contribution >= 4 is 21.0 Å². The summed E-state index contributed by atoms with van der Waals surface area (Å²) in [6.45, 7) is 0. The van der Waals surface area contributed by atoms with Gasteiger partial charge in [-0.2, -0.15) is 8.42 Å². The minimum Gasteiger partial charge on any atom is -1.00 e. The van der Waals surface area contributed by atoms with Crippen LogP contribution in [0.1, 0.15) is 1.43 Å². The molecule has 0 amide bonds. The molecule has 4 nitrogen and oxygen atoms in total. The standard InChI is InChI=1S/C8H7NO3S.Na.H/c10-13(11,12)8-5-6-3-1-2-4-7(6)9-8;;/h1-5,9H,(H,10,11,12);;/q;+1;-1. The Bertz CT molecular complexity index is 519. The number of nitrogens with one attached hydrogen (secondary N) is 1. The molecule has 1 heterocycles. The third-order valence-corrected chi connectivity index (χ3v) is 2.56. The number of aromatic amines is 1. The number of aromatic nitrogens is 1. The molecule has 0 saturated carbocycles. The predicted molar refractivity (Wildman–Crippen MR) is 49.2 cm³/mol. The van der Waals surface area contributed by atoms with Gasteiger partial charge in [0.1, 0.15) is 0 Å². The first-order valence-electron chi connectivity index (χ1n) is 3.62. The smallest absolute Gasteiger partial charge is 1.00 e. The number of hydrogen-bond donors (Lipinski definition) is 2. The van der Waals surface area contributed by atoms with Crippen LogP contribution in [0.2, 0.25) is 0 Å². The van der Waals surface area contributed by atoms with E-state index in [9.17, 15) is 8.42 Å². The molecule has 2 aromatic rings. The van der Waals surface area contributed by atoms with Gasteiger partial charge in [0.2, 0.25) is 0 Å². The number of H-pyrrole nitrogens is 1. The molecule has 0 bridgehead atoms. The van der Waals surface area contributed by atoms with E-state index in [4.69, 9.17) is 4.55 Å². The largest absolute Gasteiger partial charge is 1.00 e. The summed E-state index contributed by atoms with van der Waals surface area (Å²) < 4.78 is 30.2. The maximum absolute atomic E-state index is 10.7. The van der Waals surface area contributed by atoms with Crippen LogP contribution >= 0.6 is 0 Å². The van der Waals surface area contributed by atoms with E-state index in [2.05, 4.69) is 4.98 Å². The fraction of sp³-hybridized carbons (Fsp3) is 0. The molecule has 70 valence electrons. The van der Waals surface area contributed by atoms with Gasteiger partial charge in [0, 0.05) is 10.9 Å². The fourth-order valence-electron chi connectivity index (χ4n) is 1.19. The van der Waals surface area contributed by atoms with Crippen LogP contribution in [0.3, 0.4) is 0 Å². The van der Waals surface area contributed by atoms with E-state index in [0.29, 0.717) is 5.52 Å². The molecule has 0 aliphatic heterocycles. The van der Waals surface area contributed by atoms with Crippen LogP contribution in [0, 0.1) is 0 Å². The molecule has 0 unspecified atom stereocenters. The molecule has 14 heavy (non-hydrogen) atoms. The zero-order valence-electron chi connectivity index (χ0n) is 8.56. The first-order valence-corrected chi connectivity index (χ1v) is 5.06. The van der Waals surface area contributed by atoms with Crippen LogP contribution in [0.25, 0.3) is 10.9 Å². The van der Waals surface area contributed by atoms with Gasteiger partial charge in [0.05, 0.1) is 0 Å². The molecular weight excluding hydrogens is 213 g/mol. The molecule has 0 aliphatic carbocycles. The number of rotatable bonds is 1. The zero-order valence-corrected chi connectivity index (χ0v) is 10.4. The van der Waals surface area contributed by atoms with Gasteiger partial charge in [-0.25, -0.2) is 0 Å². The quantitative estimate of drug-likeness (QED) is 0.456. The summed E-state index contributed by atoms with van der Waals surface area (Å²) in [5.74, 6) is 0. The van der Waals surface area contributed by atoms with Crippen LogP contribution in [0.4, 0.5) is 0 Å². The molecule has 0 radical (unpaired) electrons. The average Bonchev–Trinajstić information content (AvgIpc) is 2.45. The fourth-order valence-corrected chi connectivity index (χ4v) is 1.70. The van der Waals surface area contributed by atoms with Crippen molar-refractivity contribution in [2.45, 2.75) is 5.03 Å². The van der Waals surface area contributed by atoms with Crippen molar-refractivity contribution in [3.05, 3.63) is 30.3 Å². The van der Waals surface area contributed by atoms with E-state index in [1.54, 1.807) is 24.3 Å². The van der Waals surface area contributed by atoms with Crippen molar-refractivity contribution in [3.8, 4) is 0 Å². The van der Waals surface area contributed by atoms with E-state index in [1.165, 1.54) is 6.07 Å². The van der Waals surface area contributed by atoms with Gasteiger partial charge < -0.3 is 6.41 Å². The maximum Gasteiger partial charge on any atom is 1.00 e. The third-order valence-electron chi connectivity index (χ3n) is 1.78. The van der Waals surface area contributed by atoms with Gasteiger partial charge in [-0.15, -0.1) is 0 Å². The second-order valence-electron chi connectivity index (χ2n) is 2.70. The van der Waals surface area contributed by atoms with Crippen molar-refractivity contribution in [3.63, 3.8) is 0 Å². The summed E-state index contributed by atoms with van der Waals surface area (Å²) in [5, 5.41) is 0.587.